The van der Waals surface area contributed by atoms with Crippen LogP contribution in [0.15, 0.2) is 60.8 Å². The van der Waals surface area contributed by atoms with Crippen LogP contribution in [-0.2, 0) is 22.6 Å². The molecule has 2 aromatic heterocycles. The summed E-state index contributed by atoms with van der Waals surface area (Å²) in [6.45, 7) is 3.56. The molecule has 6 rings (SSSR count). The van der Waals surface area contributed by atoms with E-state index in [9.17, 15) is 9.59 Å². The van der Waals surface area contributed by atoms with Crippen molar-refractivity contribution in [2.45, 2.75) is 50.9 Å². The van der Waals surface area contributed by atoms with Crippen LogP contribution in [0.25, 0.3) is 21.0 Å². The second-order valence-corrected chi connectivity index (χ2v) is 11.9. The van der Waals surface area contributed by atoms with Gasteiger partial charge in [0.1, 0.15) is 0 Å². The SMILES string of the molecule is COCCCn1cc(CN(C(=O)[C@@H]2CNC[C@H](NC(=O)c3cc4ccccc4s3)C2)C2CC2)c2ccccc21. The summed E-state index contributed by atoms with van der Waals surface area (Å²) < 4.78 is 8.66. The van der Waals surface area contributed by atoms with Crippen LogP contribution < -0.4 is 10.6 Å². The summed E-state index contributed by atoms with van der Waals surface area (Å²) >= 11 is 1.51. The zero-order chi connectivity index (χ0) is 26.8. The van der Waals surface area contributed by atoms with E-state index < -0.39 is 0 Å². The zero-order valence-electron chi connectivity index (χ0n) is 22.4. The number of carbonyl (C=O) groups excluding carboxylic acids is 2. The lowest BCUT2D eigenvalue weighted by molar-refractivity contribution is -0.137. The smallest absolute Gasteiger partial charge is 0.261 e. The van der Waals surface area contributed by atoms with Crippen LogP contribution in [0.2, 0.25) is 0 Å². The summed E-state index contributed by atoms with van der Waals surface area (Å²) in [7, 11) is 1.73. The van der Waals surface area contributed by atoms with E-state index in [0.29, 0.717) is 37.0 Å². The van der Waals surface area contributed by atoms with Crippen LogP contribution in [0.4, 0.5) is 0 Å². The number of thiophene rings is 1. The molecule has 2 amide bonds. The number of nitrogens with one attached hydrogen (secondary N) is 2. The summed E-state index contributed by atoms with van der Waals surface area (Å²) in [6.07, 6.45) is 5.94. The average molecular weight is 545 g/mol. The summed E-state index contributed by atoms with van der Waals surface area (Å²) in [5, 5.41) is 8.90. The van der Waals surface area contributed by atoms with Crippen molar-refractivity contribution in [3.8, 4) is 0 Å². The molecule has 0 radical (unpaired) electrons. The van der Waals surface area contributed by atoms with Crippen molar-refractivity contribution >= 4 is 44.1 Å². The lowest BCUT2D eigenvalue weighted by Crippen LogP contribution is -2.53. The Balaban J connectivity index is 1.14. The first-order valence-corrected chi connectivity index (χ1v) is 14.8. The topological polar surface area (TPSA) is 75.6 Å². The van der Waals surface area contributed by atoms with Gasteiger partial charge < -0.3 is 24.8 Å². The van der Waals surface area contributed by atoms with Crippen molar-refractivity contribution in [3.05, 3.63) is 71.2 Å². The van der Waals surface area contributed by atoms with Crippen LogP contribution in [0.5, 0.6) is 0 Å². The zero-order valence-corrected chi connectivity index (χ0v) is 23.2. The molecule has 4 aromatic rings. The Morgan fingerprint density at radius 3 is 2.77 bits per heavy atom. The molecule has 0 unspecified atom stereocenters. The van der Waals surface area contributed by atoms with Gasteiger partial charge in [-0.2, -0.15) is 0 Å². The number of para-hydroxylation sites is 1. The van der Waals surface area contributed by atoms with E-state index in [0.717, 1.165) is 42.5 Å². The number of amides is 2. The molecular formula is C31H36N4O3S. The maximum atomic E-state index is 13.9. The van der Waals surface area contributed by atoms with Crippen LogP contribution in [0.3, 0.4) is 0 Å². The highest BCUT2D eigenvalue weighted by Crippen LogP contribution is 2.33. The molecule has 2 aliphatic rings. The maximum Gasteiger partial charge on any atom is 0.261 e. The molecule has 2 aromatic carbocycles. The molecule has 2 atom stereocenters. The van der Waals surface area contributed by atoms with Gasteiger partial charge in [-0.3, -0.25) is 9.59 Å². The number of ether oxygens (including phenoxy) is 1. The fourth-order valence-electron chi connectivity index (χ4n) is 5.79. The lowest BCUT2D eigenvalue weighted by Gasteiger charge is -2.33. The molecule has 1 aliphatic heterocycles. The van der Waals surface area contributed by atoms with Gasteiger partial charge in [-0.25, -0.2) is 0 Å². The van der Waals surface area contributed by atoms with Crippen molar-refractivity contribution in [2.24, 2.45) is 5.92 Å². The standard InChI is InChI=1S/C31H36N4O3S/c1-38-14-6-13-34-19-23(26-8-3-4-9-27(26)34)20-35(25-11-12-25)31(37)22-15-24(18-32-17-22)33-30(36)29-16-21-7-2-5-10-28(21)39-29/h2-5,7-10,16,19,22,24-25,32H,6,11-15,17-18,20H2,1H3,(H,33,36)/t22-,24+/m0/s1. The Bertz CT molecular complexity index is 1440. The second kappa shape index (κ2) is 11.5. The fourth-order valence-corrected chi connectivity index (χ4v) is 6.76. The Morgan fingerprint density at radius 2 is 1.95 bits per heavy atom. The molecule has 204 valence electrons. The first kappa shape index (κ1) is 26.0. The quantitative estimate of drug-likeness (QED) is 0.282. The Hall–Kier alpha value is -3.20. The predicted molar refractivity (Wildman–Crippen MR) is 156 cm³/mol. The summed E-state index contributed by atoms with van der Waals surface area (Å²) in [4.78, 5) is 29.8. The third-order valence-electron chi connectivity index (χ3n) is 7.91. The van der Waals surface area contributed by atoms with Gasteiger partial charge in [0.05, 0.1) is 10.8 Å². The molecule has 2 N–H and O–H groups in total. The first-order chi connectivity index (χ1) is 19.1. The number of hydrogen-bond donors (Lipinski definition) is 2. The summed E-state index contributed by atoms with van der Waals surface area (Å²) in [5.41, 5.74) is 2.40. The molecule has 3 heterocycles. The predicted octanol–water partition coefficient (Wildman–Crippen LogP) is 4.79. The molecule has 1 saturated carbocycles. The van der Waals surface area contributed by atoms with E-state index in [1.54, 1.807) is 7.11 Å². The second-order valence-electron chi connectivity index (χ2n) is 10.8. The minimum atomic E-state index is -0.151. The van der Waals surface area contributed by atoms with Gasteiger partial charge in [0, 0.05) is 73.8 Å². The Kier molecular flexibility index (Phi) is 7.68. The van der Waals surface area contributed by atoms with Crippen molar-refractivity contribution in [3.63, 3.8) is 0 Å². The van der Waals surface area contributed by atoms with Crippen LogP contribution in [0, 0.1) is 5.92 Å². The van der Waals surface area contributed by atoms with Gasteiger partial charge in [0.25, 0.3) is 5.91 Å². The first-order valence-electron chi connectivity index (χ1n) is 14.0. The van der Waals surface area contributed by atoms with Crippen molar-refractivity contribution in [2.75, 3.05) is 26.8 Å². The van der Waals surface area contributed by atoms with Crippen LogP contribution in [0.1, 0.15) is 40.9 Å². The molecule has 1 aliphatic carbocycles. The highest BCUT2D eigenvalue weighted by atomic mass is 32.1. The number of benzene rings is 2. The number of piperidine rings is 1. The largest absolute Gasteiger partial charge is 0.385 e. The minimum Gasteiger partial charge on any atom is -0.385 e. The van der Waals surface area contributed by atoms with Gasteiger partial charge in [0.2, 0.25) is 5.91 Å². The number of aryl methyl sites for hydroxylation is 1. The summed E-state index contributed by atoms with van der Waals surface area (Å²) in [6, 6.07) is 18.7. The Labute approximate surface area is 233 Å². The third-order valence-corrected chi connectivity index (χ3v) is 9.03. The third kappa shape index (κ3) is 5.73. The van der Waals surface area contributed by atoms with E-state index in [1.165, 1.54) is 27.8 Å². The van der Waals surface area contributed by atoms with Crippen molar-refractivity contribution in [1.82, 2.24) is 20.1 Å². The van der Waals surface area contributed by atoms with E-state index >= 15 is 0 Å². The lowest BCUT2D eigenvalue weighted by atomic mass is 9.94. The van der Waals surface area contributed by atoms with E-state index in [2.05, 4.69) is 50.6 Å². The molecule has 2 fully saturated rings. The number of rotatable bonds is 10. The molecule has 7 nitrogen and oxygen atoms in total. The van der Waals surface area contributed by atoms with E-state index in [1.807, 2.05) is 30.3 Å². The monoisotopic (exact) mass is 544 g/mol. The van der Waals surface area contributed by atoms with Gasteiger partial charge in [-0.15, -0.1) is 11.3 Å². The fraction of sp³-hybridized carbons (Fsp3) is 0.419. The highest BCUT2D eigenvalue weighted by Gasteiger charge is 2.38. The van der Waals surface area contributed by atoms with Crippen LogP contribution >= 0.6 is 11.3 Å². The number of methoxy groups -OCH3 is 1. The minimum absolute atomic E-state index is 0.0589. The Morgan fingerprint density at radius 1 is 1.13 bits per heavy atom. The normalized spacial score (nSPS) is 19.4. The molecule has 8 heteroatoms. The number of nitrogens with zero attached hydrogens (tertiary/aromatic N) is 2. The van der Waals surface area contributed by atoms with Crippen molar-refractivity contribution in [1.29, 1.82) is 0 Å². The maximum absolute atomic E-state index is 13.9. The van der Waals surface area contributed by atoms with Crippen LogP contribution in [-0.4, -0.2) is 60.2 Å². The number of aromatic nitrogens is 1. The molecular weight excluding hydrogens is 508 g/mol. The van der Waals surface area contributed by atoms with E-state index in [4.69, 9.17) is 4.74 Å². The number of carbonyl (C=O) groups is 2. The van der Waals surface area contributed by atoms with Gasteiger partial charge in [-0.05, 0) is 54.8 Å². The molecule has 0 spiro atoms. The number of fused-ring (bicyclic) bond motifs is 2. The molecule has 0 bridgehead atoms. The highest BCUT2D eigenvalue weighted by molar-refractivity contribution is 7.20. The van der Waals surface area contributed by atoms with Gasteiger partial charge in [0.15, 0.2) is 0 Å². The average Bonchev–Trinajstić information content (AvgIpc) is 3.61. The van der Waals surface area contributed by atoms with Crippen molar-refractivity contribution < 1.29 is 14.3 Å². The summed E-state index contributed by atoms with van der Waals surface area (Å²) in [5.74, 6) is -0.0134. The van der Waals surface area contributed by atoms with Gasteiger partial charge in [-0.1, -0.05) is 36.4 Å². The molecule has 1 saturated heterocycles. The molecule has 39 heavy (non-hydrogen) atoms. The number of hydrogen-bond acceptors (Lipinski definition) is 5. The van der Waals surface area contributed by atoms with Gasteiger partial charge >= 0.3 is 0 Å². The van der Waals surface area contributed by atoms with E-state index in [-0.39, 0.29) is 23.8 Å².